The van der Waals surface area contributed by atoms with Crippen molar-refractivity contribution in [2.45, 2.75) is 0 Å². The van der Waals surface area contributed by atoms with Crippen LogP contribution in [0.4, 0.5) is 17.1 Å². The van der Waals surface area contributed by atoms with Gasteiger partial charge in [-0.3, -0.25) is 14.9 Å². The molecule has 0 radical (unpaired) electrons. The lowest BCUT2D eigenvalue weighted by atomic mass is 10.1. The van der Waals surface area contributed by atoms with Crippen molar-refractivity contribution in [3.8, 4) is 17.2 Å². The number of nitrogens with zero attached hydrogens (tertiary/aromatic N) is 3. The third-order valence-electron chi connectivity index (χ3n) is 5.75. The first kappa shape index (κ1) is 22.4. The van der Waals surface area contributed by atoms with E-state index in [1.807, 2.05) is 29.2 Å². The van der Waals surface area contributed by atoms with E-state index in [0.29, 0.717) is 60.4 Å². The van der Waals surface area contributed by atoms with Gasteiger partial charge >= 0.3 is 0 Å². The summed E-state index contributed by atoms with van der Waals surface area (Å²) >= 11 is 0. The maximum absolute atomic E-state index is 12.9. The molecule has 0 aliphatic carbocycles. The summed E-state index contributed by atoms with van der Waals surface area (Å²) < 4.78 is 16.4. The number of benzene rings is 3. The number of carbonyl (C=O) groups is 1. The Hall–Kier alpha value is -4.44. The van der Waals surface area contributed by atoms with E-state index < -0.39 is 10.8 Å². The molecule has 10 heteroatoms. The molecule has 178 valence electrons. The van der Waals surface area contributed by atoms with Gasteiger partial charge in [-0.1, -0.05) is 6.07 Å². The van der Waals surface area contributed by atoms with Crippen LogP contribution in [-0.2, 0) is 4.74 Å². The van der Waals surface area contributed by atoms with Crippen LogP contribution in [-0.4, -0.2) is 49.2 Å². The van der Waals surface area contributed by atoms with Crippen LogP contribution in [0.2, 0.25) is 0 Å². The fraction of sp³-hybridized carbons (Fsp3) is 0.200. The number of morpholine rings is 1. The number of hydrogen-bond acceptors (Lipinski definition) is 8. The maximum Gasteiger partial charge on any atom is 0.293 e. The lowest BCUT2D eigenvalue weighted by Gasteiger charge is -2.28. The predicted molar refractivity (Wildman–Crippen MR) is 130 cm³/mol. The maximum atomic E-state index is 12.9. The van der Waals surface area contributed by atoms with E-state index in [-0.39, 0.29) is 11.3 Å². The Kier molecular flexibility index (Phi) is 6.02. The van der Waals surface area contributed by atoms with E-state index >= 15 is 0 Å². The number of rotatable bonds is 6. The molecule has 3 aromatic carbocycles. The monoisotopic (exact) mass is 474 g/mol. The van der Waals surface area contributed by atoms with Gasteiger partial charge in [0.2, 0.25) is 5.89 Å². The van der Waals surface area contributed by atoms with Gasteiger partial charge in [-0.2, -0.15) is 0 Å². The number of methoxy groups -OCH3 is 1. The van der Waals surface area contributed by atoms with Crippen LogP contribution in [0.25, 0.3) is 22.6 Å². The summed E-state index contributed by atoms with van der Waals surface area (Å²) in [6.45, 7) is 2.12. The highest BCUT2D eigenvalue weighted by molar-refractivity contribution is 6.05. The summed E-state index contributed by atoms with van der Waals surface area (Å²) in [4.78, 5) is 30.5. The van der Waals surface area contributed by atoms with Crippen LogP contribution >= 0.6 is 0 Å². The first-order valence-corrected chi connectivity index (χ1v) is 11.0. The molecule has 35 heavy (non-hydrogen) atoms. The van der Waals surface area contributed by atoms with Gasteiger partial charge in [0.05, 0.1) is 25.2 Å². The number of fused-ring (bicyclic) bond motifs is 1. The second-order valence-corrected chi connectivity index (χ2v) is 7.95. The van der Waals surface area contributed by atoms with Crippen LogP contribution in [0.3, 0.4) is 0 Å². The number of hydrogen-bond donors (Lipinski definition) is 1. The molecule has 1 amide bonds. The predicted octanol–water partition coefficient (Wildman–Crippen LogP) is 4.50. The Morgan fingerprint density at radius 1 is 1.11 bits per heavy atom. The molecule has 4 aromatic rings. The highest BCUT2D eigenvalue weighted by Crippen LogP contribution is 2.31. The molecule has 1 saturated heterocycles. The summed E-state index contributed by atoms with van der Waals surface area (Å²) in [6, 6.07) is 17.0. The summed E-state index contributed by atoms with van der Waals surface area (Å²) in [6.07, 6.45) is 0. The highest BCUT2D eigenvalue weighted by atomic mass is 16.6. The molecular weight excluding hydrogens is 452 g/mol. The molecular formula is C25H22N4O6. The van der Waals surface area contributed by atoms with Crippen molar-refractivity contribution in [1.82, 2.24) is 4.98 Å². The smallest absolute Gasteiger partial charge is 0.293 e. The van der Waals surface area contributed by atoms with Crippen molar-refractivity contribution < 1.29 is 23.6 Å². The third-order valence-corrected chi connectivity index (χ3v) is 5.75. The van der Waals surface area contributed by atoms with Gasteiger partial charge in [0.25, 0.3) is 11.6 Å². The fourth-order valence-corrected chi connectivity index (χ4v) is 3.97. The number of anilines is 2. The summed E-state index contributed by atoms with van der Waals surface area (Å²) in [5.41, 5.74) is 2.93. The summed E-state index contributed by atoms with van der Waals surface area (Å²) in [5.74, 6) is 0.653. The number of aromatic nitrogens is 1. The van der Waals surface area contributed by atoms with Crippen molar-refractivity contribution in [3.05, 3.63) is 76.3 Å². The zero-order valence-electron chi connectivity index (χ0n) is 18.9. The zero-order valence-corrected chi connectivity index (χ0v) is 18.9. The molecule has 1 fully saturated rings. The Morgan fingerprint density at radius 3 is 2.71 bits per heavy atom. The van der Waals surface area contributed by atoms with Gasteiger partial charge in [-0.25, -0.2) is 4.98 Å². The minimum atomic E-state index is -0.469. The van der Waals surface area contributed by atoms with Gasteiger partial charge in [0.15, 0.2) is 5.58 Å². The van der Waals surface area contributed by atoms with E-state index in [1.54, 1.807) is 37.4 Å². The Bertz CT molecular complexity index is 1410. The Labute approximate surface area is 200 Å². The van der Waals surface area contributed by atoms with Crippen LogP contribution in [0.15, 0.2) is 65.1 Å². The molecule has 1 aliphatic rings. The Balaban J connectivity index is 1.38. The molecule has 1 aromatic heterocycles. The van der Waals surface area contributed by atoms with Crippen molar-refractivity contribution in [2.24, 2.45) is 0 Å². The van der Waals surface area contributed by atoms with E-state index in [2.05, 4.69) is 10.3 Å². The van der Waals surface area contributed by atoms with Crippen LogP contribution < -0.4 is 15.0 Å². The lowest BCUT2D eigenvalue weighted by molar-refractivity contribution is -0.384. The molecule has 10 nitrogen and oxygen atoms in total. The number of oxazole rings is 1. The molecule has 0 bridgehead atoms. The number of carbonyl (C=O) groups excluding carboxylic acids is 1. The minimum absolute atomic E-state index is 0.116. The summed E-state index contributed by atoms with van der Waals surface area (Å²) in [5, 5.41) is 14.5. The molecule has 0 spiro atoms. The largest absolute Gasteiger partial charge is 0.497 e. The molecule has 2 heterocycles. The lowest BCUT2D eigenvalue weighted by Crippen LogP contribution is -2.36. The molecule has 1 N–H and O–H groups in total. The van der Waals surface area contributed by atoms with Gasteiger partial charge in [-0.15, -0.1) is 0 Å². The van der Waals surface area contributed by atoms with Gasteiger partial charge in [-0.05, 0) is 48.5 Å². The first-order chi connectivity index (χ1) is 17.0. The van der Waals surface area contributed by atoms with Crippen molar-refractivity contribution in [2.75, 3.05) is 43.6 Å². The zero-order chi connectivity index (χ0) is 24.4. The SMILES string of the molecule is COc1cccc(-c2nc3cc(NC(=O)c4ccc(N5CCOCC5)c([N+](=O)[O-])c4)ccc3o2)c1. The van der Waals surface area contributed by atoms with Crippen LogP contribution in [0.5, 0.6) is 5.75 Å². The van der Waals surface area contributed by atoms with E-state index in [9.17, 15) is 14.9 Å². The standard InChI is InChI=1S/C25H22N4O6/c1-33-19-4-2-3-17(13-19)25-27-20-15-18(6-8-23(20)35-25)26-24(30)16-5-7-21(22(14-16)29(31)32)28-9-11-34-12-10-28/h2-8,13-15H,9-12H2,1H3,(H,26,30). The van der Waals surface area contributed by atoms with Gasteiger partial charge < -0.3 is 24.1 Å². The van der Waals surface area contributed by atoms with Crippen LogP contribution in [0.1, 0.15) is 10.4 Å². The molecule has 0 atom stereocenters. The van der Waals surface area contributed by atoms with E-state index in [1.165, 1.54) is 6.07 Å². The third kappa shape index (κ3) is 4.64. The quantitative estimate of drug-likeness (QED) is 0.320. The number of ether oxygens (including phenoxy) is 2. The molecule has 0 saturated carbocycles. The fourth-order valence-electron chi connectivity index (χ4n) is 3.97. The number of nitro benzene ring substituents is 1. The van der Waals surface area contributed by atoms with Gasteiger partial charge in [0.1, 0.15) is 17.0 Å². The number of nitro groups is 1. The van der Waals surface area contributed by atoms with Crippen LogP contribution in [0, 0.1) is 10.1 Å². The molecule has 0 unspecified atom stereocenters. The average Bonchev–Trinajstić information content (AvgIpc) is 3.32. The van der Waals surface area contributed by atoms with Crippen molar-refractivity contribution >= 4 is 34.1 Å². The van der Waals surface area contributed by atoms with E-state index in [0.717, 1.165) is 5.56 Å². The molecule has 5 rings (SSSR count). The highest BCUT2D eigenvalue weighted by Gasteiger charge is 2.23. The molecule has 1 aliphatic heterocycles. The average molecular weight is 474 g/mol. The second-order valence-electron chi connectivity index (χ2n) is 7.95. The van der Waals surface area contributed by atoms with Gasteiger partial charge in [0, 0.05) is 36.0 Å². The normalized spacial score (nSPS) is 13.6. The number of amides is 1. The van der Waals surface area contributed by atoms with Crippen molar-refractivity contribution in [1.29, 1.82) is 0 Å². The topological polar surface area (TPSA) is 120 Å². The number of nitrogens with one attached hydrogen (secondary N) is 1. The minimum Gasteiger partial charge on any atom is -0.497 e. The second kappa shape index (κ2) is 9.43. The Morgan fingerprint density at radius 2 is 1.94 bits per heavy atom. The van der Waals surface area contributed by atoms with Crippen molar-refractivity contribution in [3.63, 3.8) is 0 Å². The first-order valence-electron chi connectivity index (χ1n) is 11.0. The summed E-state index contributed by atoms with van der Waals surface area (Å²) in [7, 11) is 1.59. The van der Waals surface area contributed by atoms with E-state index in [4.69, 9.17) is 13.9 Å².